The number of carbonyl (C=O) groups excluding carboxylic acids is 1. The van der Waals surface area contributed by atoms with Gasteiger partial charge in [0.1, 0.15) is 5.76 Å². The average Bonchev–Trinajstić information content (AvgIpc) is 2.07. The van der Waals surface area contributed by atoms with Gasteiger partial charge in [0.2, 0.25) is 0 Å². The highest BCUT2D eigenvalue weighted by atomic mass is 127. The quantitative estimate of drug-likeness (QED) is 0.439. The van der Waals surface area contributed by atoms with E-state index in [2.05, 4.69) is 6.58 Å². The van der Waals surface area contributed by atoms with Gasteiger partial charge < -0.3 is 4.74 Å². The van der Waals surface area contributed by atoms with Crippen molar-refractivity contribution in [1.82, 2.24) is 0 Å². The Labute approximate surface area is 81.4 Å². The monoisotopic (exact) mass is 276 g/mol. The lowest BCUT2D eigenvalue weighted by molar-refractivity contribution is -0.130. The summed E-state index contributed by atoms with van der Waals surface area (Å²) in [6.45, 7) is 5.53. The van der Waals surface area contributed by atoms with Crippen molar-refractivity contribution >= 4 is 30.7 Å². The molecule has 3 heteroatoms. The molecule has 0 aromatic rings. The fourth-order valence-electron chi connectivity index (χ4n) is 0.685. The molecule has 1 aliphatic rings. The van der Waals surface area contributed by atoms with Crippen molar-refractivity contribution in [3.8, 4) is 0 Å². The Hall–Kier alpha value is -0.710. The molecule has 2 nitrogen and oxygen atoms in total. The molecule has 0 saturated heterocycles. The first-order valence-electron chi connectivity index (χ1n) is 3.42. The van der Waals surface area contributed by atoms with Gasteiger partial charge in [-0.3, -0.25) is 0 Å². The van der Waals surface area contributed by atoms with E-state index in [-0.39, 0.29) is 26.7 Å². The highest BCUT2D eigenvalue weighted by Crippen LogP contribution is 2.23. The molecule has 0 atom stereocenters. The molecule has 1 aliphatic heterocycles. The number of ether oxygens (including phenoxy) is 1. The van der Waals surface area contributed by atoms with Crippen LogP contribution in [0.4, 0.5) is 0 Å². The Balaban J connectivity index is 2.86. The topological polar surface area (TPSA) is 26.3 Å². The van der Waals surface area contributed by atoms with E-state index in [0.29, 0.717) is 5.76 Å². The van der Waals surface area contributed by atoms with Crippen LogP contribution in [0.5, 0.6) is 0 Å². The normalized spacial score (nSPS) is 17.6. The molecule has 0 aromatic heterocycles. The summed E-state index contributed by atoms with van der Waals surface area (Å²) in [6, 6.07) is 0. The van der Waals surface area contributed by atoms with Gasteiger partial charge in [-0.2, -0.15) is 0 Å². The summed E-state index contributed by atoms with van der Waals surface area (Å²) in [5, 5.41) is 0. The van der Waals surface area contributed by atoms with Crippen molar-refractivity contribution < 1.29 is 9.53 Å². The molecule has 0 bridgehead atoms. The van der Waals surface area contributed by atoms with E-state index in [0.717, 1.165) is 0 Å². The van der Waals surface area contributed by atoms with Crippen LogP contribution in [-0.2, 0) is 9.53 Å². The average molecular weight is 276 g/mol. The fourth-order valence-corrected chi connectivity index (χ4v) is 2.13. The van der Waals surface area contributed by atoms with Gasteiger partial charge in [-0.15, -0.1) is 0 Å². The Morgan fingerprint density at radius 3 is 3.08 bits per heavy atom. The van der Waals surface area contributed by atoms with Crippen LogP contribution in [0, 0.1) is 0 Å². The van der Waals surface area contributed by atoms with E-state index in [4.69, 9.17) is 4.74 Å². The maximum atomic E-state index is 10.8. The molecule has 0 spiro atoms. The van der Waals surface area contributed by atoms with Crippen molar-refractivity contribution in [3.05, 3.63) is 34.1 Å². The van der Waals surface area contributed by atoms with Crippen LogP contribution in [0.3, 0.4) is 0 Å². The first kappa shape index (κ1) is 9.38. The molecule has 0 aromatic carbocycles. The van der Waals surface area contributed by atoms with Crippen molar-refractivity contribution in [1.29, 1.82) is 0 Å². The first-order chi connectivity index (χ1) is 5.74. The number of rotatable bonds is 2. The lowest BCUT2D eigenvalue weighted by Gasteiger charge is -2.08. The van der Waals surface area contributed by atoms with E-state index in [1.165, 1.54) is 3.58 Å². The lowest BCUT2D eigenvalue weighted by Crippen LogP contribution is -2.06. The van der Waals surface area contributed by atoms with Gasteiger partial charge in [0.15, 0.2) is 0 Å². The Kier molecular flexibility index (Phi) is 3.40. The van der Waals surface area contributed by atoms with Crippen LogP contribution < -0.4 is 0 Å². The molecular weight excluding hydrogens is 267 g/mol. The molecule has 0 saturated carbocycles. The summed E-state index contributed by atoms with van der Waals surface area (Å²) < 4.78 is 7.79. The summed E-state index contributed by atoms with van der Waals surface area (Å²) in [7, 11) is 0. The Morgan fingerprint density at radius 2 is 2.42 bits per heavy atom. The third-order valence-corrected chi connectivity index (χ3v) is 3.53. The number of allylic oxidation sites excluding steroid dienone is 4. The zero-order valence-electron chi connectivity index (χ0n) is 6.71. The number of cyclic esters (lactones) is 1. The van der Waals surface area contributed by atoms with Gasteiger partial charge in [-0.1, -0.05) is 39.5 Å². The SMILES string of the molecule is C=C/C=C\C1=C(C)I=CC(=O)O1. The molecule has 0 radical (unpaired) electrons. The van der Waals surface area contributed by atoms with Crippen LogP contribution in [0.15, 0.2) is 34.1 Å². The van der Waals surface area contributed by atoms with Crippen molar-refractivity contribution in [2.75, 3.05) is 0 Å². The predicted molar refractivity (Wildman–Crippen MR) is 58.2 cm³/mol. The molecular formula is C9H9IO2. The van der Waals surface area contributed by atoms with E-state index >= 15 is 0 Å². The minimum atomic E-state index is -0.252. The Morgan fingerprint density at radius 1 is 1.67 bits per heavy atom. The van der Waals surface area contributed by atoms with Crippen molar-refractivity contribution in [3.63, 3.8) is 0 Å². The number of esters is 1. The first-order valence-corrected chi connectivity index (χ1v) is 5.75. The third kappa shape index (κ3) is 2.41. The molecule has 1 rings (SSSR count). The second-order valence-corrected chi connectivity index (χ2v) is 5.00. The molecule has 12 heavy (non-hydrogen) atoms. The number of hydrogen-bond acceptors (Lipinski definition) is 2. The number of carbonyl (C=O) groups is 1. The molecule has 0 N–H and O–H groups in total. The molecule has 0 fully saturated rings. The minimum absolute atomic E-state index is 0.225. The van der Waals surface area contributed by atoms with Gasteiger partial charge >= 0.3 is 5.97 Å². The van der Waals surface area contributed by atoms with E-state index in [9.17, 15) is 4.79 Å². The number of halogens is 1. The highest BCUT2D eigenvalue weighted by Gasteiger charge is 2.09. The zero-order chi connectivity index (χ0) is 8.97. The third-order valence-electron chi connectivity index (χ3n) is 1.24. The van der Waals surface area contributed by atoms with E-state index < -0.39 is 0 Å². The van der Waals surface area contributed by atoms with Gasteiger partial charge in [0, 0.05) is 3.58 Å². The van der Waals surface area contributed by atoms with E-state index in [1.807, 2.05) is 6.92 Å². The van der Waals surface area contributed by atoms with Gasteiger partial charge in [0.25, 0.3) is 0 Å². The molecule has 0 amide bonds. The minimum Gasteiger partial charge on any atom is -0.422 e. The van der Waals surface area contributed by atoms with Crippen molar-refractivity contribution in [2.24, 2.45) is 0 Å². The van der Waals surface area contributed by atoms with E-state index in [1.54, 1.807) is 22.2 Å². The van der Waals surface area contributed by atoms with Crippen LogP contribution >= 0.6 is 20.7 Å². The number of hydrogen-bond donors (Lipinski definition) is 0. The van der Waals surface area contributed by atoms with Gasteiger partial charge in [-0.25, -0.2) is 4.79 Å². The van der Waals surface area contributed by atoms with Crippen LogP contribution in [0.1, 0.15) is 6.92 Å². The van der Waals surface area contributed by atoms with Crippen molar-refractivity contribution in [2.45, 2.75) is 6.92 Å². The predicted octanol–water partition coefficient (Wildman–Crippen LogP) is 2.29. The van der Waals surface area contributed by atoms with Crippen LogP contribution in [-0.4, -0.2) is 9.98 Å². The summed E-state index contributed by atoms with van der Waals surface area (Å²) in [5.41, 5.74) is 0. The molecule has 64 valence electrons. The maximum Gasteiger partial charge on any atom is 0.341 e. The van der Waals surface area contributed by atoms with Crippen LogP contribution in [0.25, 0.3) is 0 Å². The second kappa shape index (κ2) is 4.35. The second-order valence-electron chi connectivity index (χ2n) is 2.13. The highest BCUT2D eigenvalue weighted by molar-refractivity contribution is 14.2. The molecule has 1 heterocycles. The van der Waals surface area contributed by atoms with Gasteiger partial charge in [-0.05, 0) is 13.0 Å². The fraction of sp³-hybridized carbons (Fsp3) is 0.111. The molecule has 0 aliphatic carbocycles. The largest absolute Gasteiger partial charge is 0.422 e. The standard InChI is InChI=1S/C9H9IO2/c1-3-4-5-8-7(2)10-6-9(11)12-8/h3-6H,1H2,2H3/b5-4-. The zero-order valence-corrected chi connectivity index (χ0v) is 8.87. The summed E-state index contributed by atoms with van der Waals surface area (Å²) in [4.78, 5) is 10.8. The summed E-state index contributed by atoms with van der Waals surface area (Å²) >= 11 is -0.252. The summed E-state index contributed by atoms with van der Waals surface area (Å²) in [6.07, 6.45) is 5.19. The maximum absolute atomic E-state index is 10.8. The Bertz CT molecular complexity index is 298. The lowest BCUT2D eigenvalue weighted by atomic mass is 10.4. The smallest absolute Gasteiger partial charge is 0.341 e. The summed E-state index contributed by atoms with van der Waals surface area (Å²) in [5.74, 6) is 0.465. The molecule has 0 unspecified atom stereocenters. The van der Waals surface area contributed by atoms with Gasteiger partial charge in [0.05, 0.1) is 4.01 Å². The van der Waals surface area contributed by atoms with Crippen LogP contribution in [0.2, 0.25) is 0 Å².